The summed E-state index contributed by atoms with van der Waals surface area (Å²) >= 11 is 0. The van der Waals surface area contributed by atoms with Crippen LogP contribution in [0.4, 0.5) is 5.69 Å². The topological polar surface area (TPSA) is 84.9 Å². The molecule has 1 N–H and O–H groups in total. The maximum absolute atomic E-state index is 12.8. The molecule has 1 aliphatic heterocycles. The van der Waals surface area contributed by atoms with Gasteiger partial charge in [-0.3, -0.25) is 9.52 Å². The number of ether oxygens (including phenoxy) is 2. The molecule has 0 bridgehead atoms. The Morgan fingerprint density at radius 3 is 2.63 bits per heavy atom. The first-order valence-electron chi connectivity index (χ1n) is 8.73. The molecule has 0 unspecified atom stereocenters. The van der Waals surface area contributed by atoms with E-state index in [-0.39, 0.29) is 10.8 Å². The quantitative estimate of drug-likeness (QED) is 0.818. The zero-order valence-electron chi connectivity index (χ0n) is 15.1. The van der Waals surface area contributed by atoms with Gasteiger partial charge in [0, 0.05) is 18.7 Å². The minimum absolute atomic E-state index is 0.0212. The van der Waals surface area contributed by atoms with E-state index < -0.39 is 10.0 Å². The predicted molar refractivity (Wildman–Crippen MR) is 102 cm³/mol. The van der Waals surface area contributed by atoms with Gasteiger partial charge < -0.3 is 14.4 Å². The standard InChI is InChI=1S/C19H22N2O5S/c1-2-26-18-9-4-3-8-17(18)20-27(23,24)16-7-5-6-15(14-16)19(22)21-10-12-25-13-11-21/h3-9,14,20H,2,10-13H2,1H3. The van der Waals surface area contributed by atoms with Crippen LogP contribution in [0.1, 0.15) is 17.3 Å². The molecule has 27 heavy (non-hydrogen) atoms. The van der Waals surface area contributed by atoms with Gasteiger partial charge in [0.25, 0.3) is 15.9 Å². The fourth-order valence-electron chi connectivity index (χ4n) is 2.78. The average Bonchev–Trinajstić information content (AvgIpc) is 2.70. The number of benzene rings is 2. The molecular weight excluding hydrogens is 368 g/mol. The Morgan fingerprint density at radius 2 is 1.89 bits per heavy atom. The van der Waals surface area contributed by atoms with E-state index in [9.17, 15) is 13.2 Å². The average molecular weight is 390 g/mol. The second-order valence-electron chi connectivity index (χ2n) is 5.97. The first-order chi connectivity index (χ1) is 13.0. The molecule has 0 radical (unpaired) electrons. The lowest BCUT2D eigenvalue weighted by molar-refractivity contribution is 0.0302. The van der Waals surface area contributed by atoms with E-state index in [2.05, 4.69) is 4.72 Å². The highest BCUT2D eigenvalue weighted by atomic mass is 32.2. The van der Waals surface area contributed by atoms with Crippen LogP contribution in [0.3, 0.4) is 0 Å². The molecule has 0 atom stereocenters. The second-order valence-corrected chi connectivity index (χ2v) is 7.65. The number of nitrogens with zero attached hydrogens (tertiary/aromatic N) is 1. The SMILES string of the molecule is CCOc1ccccc1NS(=O)(=O)c1cccc(C(=O)N2CCOCC2)c1. The molecule has 0 saturated carbocycles. The van der Waals surface area contributed by atoms with Crippen molar-refractivity contribution in [1.29, 1.82) is 0 Å². The maximum Gasteiger partial charge on any atom is 0.262 e. The van der Waals surface area contributed by atoms with Crippen LogP contribution in [0.15, 0.2) is 53.4 Å². The highest BCUT2D eigenvalue weighted by Gasteiger charge is 2.22. The number of sulfonamides is 1. The Hall–Kier alpha value is -2.58. The molecule has 7 nitrogen and oxygen atoms in total. The van der Waals surface area contributed by atoms with Gasteiger partial charge in [-0.05, 0) is 37.3 Å². The van der Waals surface area contributed by atoms with Crippen LogP contribution in [0, 0.1) is 0 Å². The predicted octanol–water partition coefficient (Wildman–Crippen LogP) is 2.36. The van der Waals surface area contributed by atoms with Crippen molar-refractivity contribution in [1.82, 2.24) is 4.90 Å². The molecule has 2 aromatic rings. The van der Waals surface area contributed by atoms with Crippen molar-refractivity contribution in [3.63, 3.8) is 0 Å². The Bertz CT molecular complexity index is 908. The number of para-hydroxylation sites is 2. The second kappa shape index (κ2) is 8.41. The first-order valence-corrected chi connectivity index (χ1v) is 10.2. The number of carbonyl (C=O) groups is 1. The summed E-state index contributed by atoms with van der Waals surface area (Å²) in [5.74, 6) is 0.245. The number of nitrogens with one attached hydrogen (secondary N) is 1. The summed E-state index contributed by atoms with van der Waals surface area (Å²) in [5, 5.41) is 0. The number of carbonyl (C=O) groups excluding carboxylic acids is 1. The monoisotopic (exact) mass is 390 g/mol. The summed E-state index contributed by atoms with van der Waals surface area (Å²) in [7, 11) is -3.87. The van der Waals surface area contributed by atoms with Crippen LogP contribution in [-0.4, -0.2) is 52.1 Å². The minimum Gasteiger partial charge on any atom is -0.492 e. The van der Waals surface area contributed by atoms with E-state index in [1.807, 2.05) is 6.92 Å². The molecule has 1 fully saturated rings. The van der Waals surface area contributed by atoms with Gasteiger partial charge in [0.1, 0.15) is 5.75 Å². The number of hydrogen-bond donors (Lipinski definition) is 1. The number of hydrogen-bond acceptors (Lipinski definition) is 5. The summed E-state index contributed by atoms with van der Waals surface area (Å²) in [4.78, 5) is 14.3. The number of morpholine rings is 1. The molecule has 1 amide bonds. The molecular formula is C19H22N2O5S. The van der Waals surface area contributed by atoms with Crippen molar-refractivity contribution >= 4 is 21.6 Å². The first kappa shape index (κ1) is 19.2. The summed E-state index contributed by atoms with van der Waals surface area (Å²) in [6.45, 7) is 4.21. The molecule has 144 valence electrons. The van der Waals surface area contributed by atoms with Gasteiger partial charge in [0.15, 0.2) is 0 Å². The van der Waals surface area contributed by atoms with E-state index in [4.69, 9.17) is 9.47 Å². The maximum atomic E-state index is 12.8. The smallest absolute Gasteiger partial charge is 0.262 e. The highest BCUT2D eigenvalue weighted by molar-refractivity contribution is 7.92. The largest absolute Gasteiger partial charge is 0.492 e. The van der Waals surface area contributed by atoms with Crippen molar-refractivity contribution in [3.8, 4) is 5.75 Å². The van der Waals surface area contributed by atoms with Gasteiger partial charge in [-0.1, -0.05) is 18.2 Å². The van der Waals surface area contributed by atoms with Crippen molar-refractivity contribution < 1.29 is 22.7 Å². The van der Waals surface area contributed by atoms with Crippen LogP contribution in [0.25, 0.3) is 0 Å². The Kier molecular flexibility index (Phi) is 5.98. The zero-order valence-corrected chi connectivity index (χ0v) is 15.9. The van der Waals surface area contributed by atoms with E-state index >= 15 is 0 Å². The third kappa shape index (κ3) is 4.58. The highest BCUT2D eigenvalue weighted by Crippen LogP contribution is 2.27. The normalized spacial score (nSPS) is 14.6. The molecule has 1 heterocycles. The molecule has 0 aliphatic carbocycles. The fraction of sp³-hybridized carbons (Fsp3) is 0.316. The van der Waals surface area contributed by atoms with Gasteiger partial charge in [0.05, 0.1) is 30.4 Å². The van der Waals surface area contributed by atoms with Crippen LogP contribution in [0.2, 0.25) is 0 Å². The van der Waals surface area contributed by atoms with Crippen molar-refractivity contribution in [2.75, 3.05) is 37.6 Å². The van der Waals surface area contributed by atoms with E-state index in [1.165, 1.54) is 12.1 Å². The van der Waals surface area contributed by atoms with Crippen molar-refractivity contribution in [2.45, 2.75) is 11.8 Å². The lowest BCUT2D eigenvalue weighted by atomic mass is 10.2. The van der Waals surface area contributed by atoms with Gasteiger partial charge in [0.2, 0.25) is 0 Å². The molecule has 8 heteroatoms. The van der Waals surface area contributed by atoms with Crippen LogP contribution < -0.4 is 9.46 Å². The Morgan fingerprint density at radius 1 is 1.15 bits per heavy atom. The van der Waals surface area contributed by atoms with E-state index in [0.29, 0.717) is 49.9 Å². The van der Waals surface area contributed by atoms with Crippen molar-refractivity contribution in [3.05, 3.63) is 54.1 Å². The molecule has 0 spiro atoms. The zero-order chi connectivity index (χ0) is 19.3. The van der Waals surface area contributed by atoms with Gasteiger partial charge >= 0.3 is 0 Å². The molecule has 1 aliphatic rings. The van der Waals surface area contributed by atoms with Crippen LogP contribution in [-0.2, 0) is 14.8 Å². The number of amides is 1. The summed E-state index contributed by atoms with van der Waals surface area (Å²) in [5.41, 5.74) is 0.683. The van der Waals surface area contributed by atoms with Crippen LogP contribution in [0.5, 0.6) is 5.75 Å². The summed E-state index contributed by atoms with van der Waals surface area (Å²) in [6, 6.07) is 12.8. The van der Waals surface area contributed by atoms with Crippen molar-refractivity contribution in [2.24, 2.45) is 0 Å². The number of rotatable bonds is 6. The third-order valence-corrected chi connectivity index (χ3v) is 5.48. The fourth-order valence-corrected chi connectivity index (χ4v) is 3.90. The molecule has 0 aromatic heterocycles. The van der Waals surface area contributed by atoms with E-state index in [1.54, 1.807) is 41.3 Å². The van der Waals surface area contributed by atoms with Gasteiger partial charge in [-0.15, -0.1) is 0 Å². The number of anilines is 1. The Labute approximate surface area is 158 Å². The van der Waals surface area contributed by atoms with Gasteiger partial charge in [-0.25, -0.2) is 8.42 Å². The molecule has 2 aromatic carbocycles. The Balaban J connectivity index is 1.84. The van der Waals surface area contributed by atoms with Gasteiger partial charge in [-0.2, -0.15) is 0 Å². The minimum atomic E-state index is -3.87. The molecule has 1 saturated heterocycles. The summed E-state index contributed by atoms with van der Waals surface area (Å²) in [6.07, 6.45) is 0. The lowest BCUT2D eigenvalue weighted by Gasteiger charge is -2.27. The summed E-state index contributed by atoms with van der Waals surface area (Å²) < 4.78 is 38.8. The van der Waals surface area contributed by atoms with E-state index in [0.717, 1.165) is 0 Å². The molecule has 3 rings (SSSR count). The van der Waals surface area contributed by atoms with Crippen LogP contribution >= 0.6 is 0 Å². The lowest BCUT2D eigenvalue weighted by Crippen LogP contribution is -2.40. The third-order valence-electron chi connectivity index (χ3n) is 4.12.